The van der Waals surface area contributed by atoms with E-state index in [4.69, 9.17) is 23.8 Å². The van der Waals surface area contributed by atoms with Crippen molar-refractivity contribution in [3.05, 3.63) is 28.8 Å². The minimum Gasteiger partial charge on any atom is -0.273 e. The van der Waals surface area contributed by atoms with Gasteiger partial charge >= 0.3 is 6.18 Å². The Balaban J connectivity index is 2.48. The van der Waals surface area contributed by atoms with Crippen LogP contribution in [0.1, 0.15) is 5.56 Å². The van der Waals surface area contributed by atoms with Crippen molar-refractivity contribution in [3.63, 3.8) is 0 Å². The van der Waals surface area contributed by atoms with Crippen LogP contribution in [0.25, 0.3) is 0 Å². The number of carbonyl (C=O) groups excluding carboxylic acids is 1. The van der Waals surface area contributed by atoms with Crippen LogP contribution in [-0.2, 0) is 11.0 Å². The van der Waals surface area contributed by atoms with Crippen molar-refractivity contribution in [3.8, 4) is 0 Å². The molecular formula is C10H5ClF3NOS2. The maximum absolute atomic E-state index is 12.7. The van der Waals surface area contributed by atoms with Gasteiger partial charge in [-0.2, -0.15) is 13.2 Å². The predicted octanol–water partition coefficient (Wildman–Crippen LogP) is 3.72. The number of rotatable bonds is 1. The van der Waals surface area contributed by atoms with Crippen LogP contribution in [-0.4, -0.2) is 16.0 Å². The van der Waals surface area contributed by atoms with Crippen LogP contribution in [0.2, 0.25) is 5.02 Å². The van der Waals surface area contributed by atoms with E-state index in [9.17, 15) is 18.0 Å². The van der Waals surface area contributed by atoms with E-state index in [-0.39, 0.29) is 21.7 Å². The third-order valence-electron chi connectivity index (χ3n) is 2.26. The zero-order valence-electron chi connectivity index (χ0n) is 8.62. The molecule has 1 amide bonds. The van der Waals surface area contributed by atoms with Crippen molar-refractivity contribution in [1.82, 2.24) is 0 Å². The van der Waals surface area contributed by atoms with Gasteiger partial charge in [-0.1, -0.05) is 35.6 Å². The second-order valence-electron chi connectivity index (χ2n) is 3.45. The predicted molar refractivity (Wildman–Crippen MR) is 69.0 cm³/mol. The Morgan fingerprint density at radius 1 is 1.39 bits per heavy atom. The molecule has 1 saturated heterocycles. The van der Waals surface area contributed by atoms with Crippen molar-refractivity contribution >= 4 is 51.5 Å². The van der Waals surface area contributed by atoms with E-state index in [1.807, 2.05) is 0 Å². The summed E-state index contributed by atoms with van der Waals surface area (Å²) < 4.78 is 38.3. The molecule has 2 rings (SSSR count). The first-order valence-corrected chi connectivity index (χ1v) is 6.44. The first-order chi connectivity index (χ1) is 8.30. The van der Waals surface area contributed by atoms with Gasteiger partial charge in [-0.25, -0.2) is 0 Å². The summed E-state index contributed by atoms with van der Waals surface area (Å²) in [6.45, 7) is 0. The third kappa shape index (κ3) is 2.48. The number of thioether (sulfide) groups is 1. The van der Waals surface area contributed by atoms with E-state index in [1.165, 1.54) is 6.07 Å². The Morgan fingerprint density at radius 2 is 2.06 bits per heavy atom. The number of alkyl halides is 3. The Hall–Kier alpha value is -0.790. The van der Waals surface area contributed by atoms with Crippen LogP contribution < -0.4 is 4.90 Å². The molecule has 2 nitrogen and oxygen atoms in total. The average Bonchev–Trinajstić information content (AvgIpc) is 2.58. The number of anilines is 1. The largest absolute Gasteiger partial charge is 0.417 e. The fourth-order valence-corrected chi connectivity index (χ4v) is 2.79. The van der Waals surface area contributed by atoms with E-state index in [1.54, 1.807) is 0 Å². The normalized spacial score (nSPS) is 16.6. The Kier molecular flexibility index (Phi) is 3.57. The Bertz CT molecular complexity index is 516. The highest BCUT2D eigenvalue weighted by Gasteiger charge is 2.35. The standard InChI is InChI=1S/C10H5ClF3NOS2/c11-7-2-1-5(3-6(7)10(12,13)14)15-8(16)4-18-9(15)17/h1-3H,4H2. The number of thiocarbonyl (C=S) groups is 1. The topological polar surface area (TPSA) is 20.3 Å². The lowest BCUT2D eigenvalue weighted by molar-refractivity contribution is -0.137. The summed E-state index contributed by atoms with van der Waals surface area (Å²) in [5.74, 6) is -0.191. The highest BCUT2D eigenvalue weighted by Crippen LogP contribution is 2.38. The minimum absolute atomic E-state index is 0.0896. The van der Waals surface area contributed by atoms with Crippen molar-refractivity contribution in [2.24, 2.45) is 0 Å². The van der Waals surface area contributed by atoms with Crippen molar-refractivity contribution < 1.29 is 18.0 Å². The second kappa shape index (κ2) is 4.71. The molecule has 0 N–H and O–H groups in total. The lowest BCUT2D eigenvalue weighted by Gasteiger charge is -2.17. The first-order valence-electron chi connectivity index (χ1n) is 4.67. The summed E-state index contributed by atoms with van der Waals surface area (Å²) in [6, 6.07) is 3.28. The zero-order chi connectivity index (χ0) is 13.5. The van der Waals surface area contributed by atoms with Gasteiger partial charge in [0.15, 0.2) is 0 Å². The molecule has 0 saturated carbocycles. The fourth-order valence-electron chi connectivity index (χ4n) is 1.47. The van der Waals surface area contributed by atoms with Crippen LogP contribution in [0, 0.1) is 0 Å². The van der Waals surface area contributed by atoms with Crippen LogP contribution >= 0.6 is 35.6 Å². The molecule has 96 valence electrons. The molecule has 0 spiro atoms. The van der Waals surface area contributed by atoms with E-state index < -0.39 is 16.8 Å². The fraction of sp³-hybridized carbons (Fsp3) is 0.200. The van der Waals surface area contributed by atoms with Gasteiger partial charge in [0.2, 0.25) is 5.91 Å². The molecule has 0 aliphatic carbocycles. The molecule has 0 radical (unpaired) electrons. The lowest BCUT2D eigenvalue weighted by Crippen LogP contribution is -2.28. The molecular weight excluding hydrogens is 307 g/mol. The summed E-state index contributed by atoms with van der Waals surface area (Å²) in [6.07, 6.45) is -4.56. The quantitative estimate of drug-likeness (QED) is 0.737. The van der Waals surface area contributed by atoms with Gasteiger partial charge in [0.25, 0.3) is 0 Å². The molecule has 1 aromatic rings. The molecule has 8 heteroatoms. The van der Waals surface area contributed by atoms with E-state index >= 15 is 0 Å². The highest BCUT2D eigenvalue weighted by molar-refractivity contribution is 8.24. The molecule has 1 fully saturated rings. The Labute approximate surface area is 115 Å². The number of hydrogen-bond acceptors (Lipinski definition) is 3. The van der Waals surface area contributed by atoms with Crippen LogP contribution in [0.15, 0.2) is 18.2 Å². The molecule has 0 aromatic heterocycles. The van der Waals surface area contributed by atoms with Gasteiger partial charge in [0, 0.05) is 0 Å². The molecule has 1 heterocycles. The van der Waals surface area contributed by atoms with Gasteiger partial charge in [-0.3, -0.25) is 9.69 Å². The third-order valence-corrected chi connectivity index (χ3v) is 3.95. The first kappa shape index (κ1) is 13.6. The molecule has 0 unspecified atom stereocenters. The van der Waals surface area contributed by atoms with E-state index in [0.29, 0.717) is 0 Å². The molecule has 1 aliphatic rings. The number of benzene rings is 1. The molecule has 18 heavy (non-hydrogen) atoms. The average molecular weight is 312 g/mol. The maximum Gasteiger partial charge on any atom is 0.417 e. The van der Waals surface area contributed by atoms with Crippen LogP contribution in [0.4, 0.5) is 18.9 Å². The summed E-state index contributed by atoms with van der Waals surface area (Å²) in [5.41, 5.74) is -0.888. The highest BCUT2D eigenvalue weighted by atomic mass is 35.5. The van der Waals surface area contributed by atoms with Gasteiger partial charge in [0.05, 0.1) is 22.0 Å². The molecule has 0 atom stereocenters. The second-order valence-corrected chi connectivity index (χ2v) is 5.46. The molecule has 1 aromatic carbocycles. The number of nitrogens with zero attached hydrogens (tertiary/aromatic N) is 1. The van der Waals surface area contributed by atoms with Crippen LogP contribution in [0.5, 0.6) is 0 Å². The SMILES string of the molecule is O=C1CSC(=S)N1c1ccc(Cl)c(C(F)(F)F)c1. The van der Waals surface area contributed by atoms with Gasteiger partial charge in [-0.05, 0) is 18.2 Å². The number of halogens is 4. The summed E-state index contributed by atoms with van der Waals surface area (Å²) in [5, 5.41) is -0.406. The van der Waals surface area contributed by atoms with Crippen molar-refractivity contribution in [1.29, 1.82) is 0 Å². The summed E-state index contributed by atoms with van der Waals surface area (Å²) >= 11 is 11.5. The van der Waals surface area contributed by atoms with E-state index in [2.05, 4.69) is 0 Å². The molecule has 0 bridgehead atoms. The monoisotopic (exact) mass is 311 g/mol. The maximum atomic E-state index is 12.7. The van der Waals surface area contributed by atoms with Gasteiger partial charge < -0.3 is 0 Å². The number of hydrogen-bond donors (Lipinski definition) is 0. The number of carbonyl (C=O) groups is 1. The van der Waals surface area contributed by atoms with E-state index in [0.717, 1.165) is 28.8 Å². The van der Waals surface area contributed by atoms with Gasteiger partial charge in [0.1, 0.15) is 4.32 Å². The van der Waals surface area contributed by atoms with Gasteiger partial charge in [-0.15, -0.1) is 0 Å². The summed E-state index contributed by atoms with van der Waals surface area (Å²) in [7, 11) is 0. The van der Waals surface area contributed by atoms with Crippen LogP contribution in [0.3, 0.4) is 0 Å². The van der Waals surface area contributed by atoms with Crippen molar-refractivity contribution in [2.75, 3.05) is 10.7 Å². The zero-order valence-corrected chi connectivity index (χ0v) is 11.0. The lowest BCUT2D eigenvalue weighted by atomic mass is 10.2. The molecule has 1 aliphatic heterocycles. The number of amides is 1. The smallest absolute Gasteiger partial charge is 0.273 e. The van der Waals surface area contributed by atoms with Crippen molar-refractivity contribution in [2.45, 2.75) is 6.18 Å². The minimum atomic E-state index is -4.56. The summed E-state index contributed by atoms with van der Waals surface area (Å²) in [4.78, 5) is 12.6. The Morgan fingerprint density at radius 3 is 2.56 bits per heavy atom.